The van der Waals surface area contributed by atoms with Crippen LogP contribution < -0.4 is 26.8 Å². The molecular weight excluding hydrogens is 464 g/mol. The van der Waals surface area contributed by atoms with E-state index >= 15 is 0 Å². The van der Waals surface area contributed by atoms with Gasteiger partial charge in [0.05, 0.1) is 30.1 Å². The van der Waals surface area contributed by atoms with E-state index in [1.165, 1.54) is 6.42 Å². The van der Waals surface area contributed by atoms with Gasteiger partial charge in [-0.1, -0.05) is 36.4 Å². The van der Waals surface area contributed by atoms with Crippen molar-refractivity contribution >= 4 is 10.8 Å². The number of nitrogens with one attached hydrogen (secondary N) is 4. The van der Waals surface area contributed by atoms with E-state index in [1.54, 1.807) is 0 Å². The lowest BCUT2D eigenvalue weighted by atomic mass is 10.0. The van der Waals surface area contributed by atoms with E-state index in [-0.39, 0.29) is 24.0 Å². The molecule has 0 aliphatic carbocycles. The van der Waals surface area contributed by atoms with E-state index in [2.05, 4.69) is 52.1 Å². The monoisotopic (exact) mass is 500 g/mol. The summed E-state index contributed by atoms with van der Waals surface area (Å²) in [5.41, 5.74) is 5.02. The van der Waals surface area contributed by atoms with Crippen molar-refractivity contribution in [2.24, 2.45) is 0 Å². The topological polar surface area (TPSA) is 82.6 Å². The molecule has 3 aliphatic heterocycles. The minimum atomic E-state index is -0.108. The van der Waals surface area contributed by atoms with Gasteiger partial charge in [-0.05, 0) is 68.7 Å². The Bertz CT molecular complexity index is 1410. The minimum absolute atomic E-state index is 0.0198. The summed E-state index contributed by atoms with van der Waals surface area (Å²) in [6.45, 7) is 8.38. The number of hydrogen-bond donors (Lipinski definition) is 4. The number of aryl methyl sites for hydroxylation is 2. The Balaban J connectivity index is 1.38. The molecule has 8 heteroatoms. The van der Waals surface area contributed by atoms with E-state index in [9.17, 15) is 4.79 Å². The molecule has 194 valence electrons. The number of nitrogens with zero attached hydrogens (tertiary/aromatic N) is 2. The molecule has 3 unspecified atom stereocenters. The highest BCUT2D eigenvalue weighted by atomic mass is 16.5. The quantitative estimate of drug-likeness (QED) is 0.428. The van der Waals surface area contributed by atoms with Crippen LogP contribution in [0.15, 0.2) is 64.8 Å². The van der Waals surface area contributed by atoms with Gasteiger partial charge in [-0.2, -0.15) is 0 Å². The molecule has 8 nitrogen and oxygen atoms in total. The lowest BCUT2D eigenvalue weighted by Gasteiger charge is -2.36. The first kappa shape index (κ1) is 24.0. The van der Waals surface area contributed by atoms with Crippen LogP contribution >= 0.6 is 0 Å². The number of benzene rings is 2. The van der Waals surface area contributed by atoms with Crippen LogP contribution in [0.4, 0.5) is 0 Å². The first-order chi connectivity index (χ1) is 18.0. The second-order valence-corrected chi connectivity index (χ2v) is 10.3. The fourth-order valence-corrected chi connectivity index (χ4v) is 5.89. The molecule has 2 aromatic carbocycles. The molecule has 3 aliphatic rings. The van der Waals surface area contributed by atoms with Crippen molar-refractivity contribution in [2.75, 3.05) is 19.9 Å². The molecule has 1 aromatic heterocycles. The van der Waals surface area contributed by atoms with Crippen LogP contribution in [-0.2, 0) is 4.74 Å². The molecule has 37 heavy (non-hydrogen) atoms. The molecule has 0 saturated carbocycles. The van der Waals surface area contributed by atoms with Crippen LogP contribution in [-0.4, -0.2) is 41.8 Å². The zero-order valence-corrected chi connectivity index (χ0v) is 21.8. The fraction of sp³-hybridized carbons (Fsp3) is 0.414. The molecule has 3 aromatic rings. The van der Waals surface area contributed by atoms with Gasteiger partial charge >= 0.3 is 0 Å². The maximum atomic E-state index is 14.0. The molecule has 4 heterocycles. The Morgan fingerprint density at radius 1 is 1.05 bits per heavy atom. The molecule has 0 amide bonds. The molecule has 1 saturated heterocycles. The molecule has 4 N–H and O–H groups in total. The maximum Gasteiger partial charge on any atom is 0.263 e. The van der Waals surface area contributed by atoms with Crippen LogP contribution in [0.3, 0.4) is 0 Å². The Kier molecular flexibility index (Phi) is 6.40. The minimum Gasteiger partial charge on any atom is -0.366 e. The Morgan fingerprint density at radius 3 is 2.70 bits per heavy atom. The number of rotatable bonds is 5. The number of pyridine rings is 1. The van der Waals surface area contributed by atoms with Crippen molar-refractivity contribution in [1.29, 1.82) is 0 Å². The number of fused-ring (bicyclic) bond motifs is 1. The highest BCUT2D eigenvalue weighted by Crippen LogP contribution is 2.28. The predicted molar refractivity (Wildman–Crippen MR) is 146 cm³/mol. The third-order valence-electron chi connectivity index (χ3n) is 7.84. The summed E-state index contributed by atoms with van der Waals surface area (Å²) in [6, 6.07) is 16.2. The third-order valence-corrected chi connectivity index (χ3v) is 7.84. The van der Waals surface area contributed by atoms with E-state index < -0.39 is 0 Å². The summed E-state index contributed by atoms with van der Waals surface area (Å²) >= 11 is 0. The zero-order chi connectivity index (χ0) is 25.5. The van der Waals surface area contributed by atoms with Gasteiger partial charge in [0, 0.05) is 18.3 Å². The highest BCUT2D eigenvalue weighted by molar-refractivity contribution is 5.85. The summed E-state index contributed by atoms with van der Waals surface area (Å²) in [7, 11) is 0. The van der Waals surface area contributed by atoms with Crippen LogP contribution in [0.1, 0.15) is 49.0 Å². The number of aromatic nitrogens is 1. The Hall–Kier alpha value is -3.33. The van der Waals surface area contributed by atoms with Crippen LogP contribution in [0.5, 0.6) is 0 Å². The third kappa shape index (κ3) is 4.29. The molecule has 0 spiro atoms. The second kappa shape index (κ2) is 9.85. The van der Waals surface area contributed by atoms with Crippen molar-refractivity contribution in [2.45, 2.75) is 58.5 Å². The lowest BCUT2D eigenvalue weighted by molar-refractivity contribution is -0.0710. The van der Waals surface area contributed by atoms with Gasteiger partial charge in [-0.3, -0.25) is 20.0 Å². The molecular formula is C29H36N6O2. The van der Waals surface area contributed by atoms with E-state index in [0.29, 0.717) is 6.67 Å². The van der Waals surface area contributed by atoms with Crippen LogP contribution in [0.2, 0.25) is 0 Å². The van der Waals surface area contributed by atoms with Gasteiger partial charge in [-0.25, -0.2) is 0 Å². The first-order valence-electron chi connectivity index (χ1n) is 13.3. The smallest absolute Gasteiger partial charge is 0.263 e. The summed E-state index contributed by atoms with van der Waals surface area (Å²) in [5.74, 6) is 1.10. The standard InChI is InChI=1S/C29H36N6O2/c1-18-9-4-5-12-22(18)35-23(15-21-11-8-10-19(2)25(21)29(35)36)20(3)33-27-26-28(31-16-30-27)34(17-32-26)24-13-6-7-14-37-24/h4-5,8-12,15,20,24,27,30-33H,6-7,13-14,16-17H2,1-3H3. The molecule has 0 bridgehead atoms. The lowest BCUT2D eigenvalue weighted by Crippen LogP contribution is -2.55. The van der Waals surface area contributed by atoms with E-state index in [1.807, 2.05) is 47.9 Å². The van der Waals surface area contributed by atoms with Crippen molar-refractivity contribution in [3.05, 3.63) is 87.2 Å². The average Bonchev–Trinajstić information content (AvgIpc) is 3.35. The normalized spacial score (nSPS) is 22.5. The van der Waals surface area contributed by atoms with Crippen molar-refractivity contribution in [1.82, 2.24) is 30.7 Å². The van der Waals surface area contributed by atoms with Crippen LogP contribution in [0.25, 0.3) is 16.5 Å². The fourth-order valence-electron chi connectivity index (χ4n) is 5.89. The van der Waals surface area contributed by atoms with Gasteiger partial charge in [0.1, 0.15) is 18.2 Å². The van der Waals surface area contributed by atoms with Crippen molar-refractivity contribution < 1.29 is 4.74 Å². The Morgan fingerprint density at radius 2 is 1.89 bits per heavy atom. The van der Waals surface area contributed by atoms with E-state index in [0.717, 1.165) is 70.9 Å². The summed E-state index contributed by atoms with van der Waals surface area (Å²) in [4.78, 5) is 16.3. The van der Waals surface area contributed by atoms with E-state index in [4.69, 9.17) is 4.74 Å². The predicted octanol–water partition coefficient (Wildman–Crippen LogP) is 3.29. The molecule has 3 atom stereocenters. The number of ether oxygens (including phenoxy) is 1. The first-order valence-corrected chi connectivity index (χ1v) is 13.3. The number of hydrogen-bond acceptors (Lipinski definition) is 7. The van der Waals surface area contributed by atoms with Gasteiger partial charge in [0.15, 0.2) is 0 Å². The Labute approximate surface area is 217 Å². The second-order valence-electron chi connectivity index (χ2n) is 10.3. The number of para-hydroxylation sites is 1. The molecule has 0 radical (unpaired) electrons. The summed E-state index contributed by atoms with van der Waals surface area (Å²) in [5, 5.41) is 16.2. The molecule has 1 fully saturated rings. The van der Waals surface area contributed by atoms with Crippen molar-refractivity contribution in [3.8, 4) is 5.69 Å². The largest absolute Gasteiger partial charge is 0.366 e. The SMILES string of the molecule is Cc1ccccc1-n1c(C(C)NC2NCNC3=C2NCN3C2CCCCO2)cc2cccc(C)c2c1=O. The van der Waals surface area contributed by atoms with Gasteiger partial charge in [-0.15, -0.1) is 0 Å². The van der Waals surface area contributed by atoms with Crippen molar-refractivity contribution in [3.63, 3.8) is 0 Å². The zero-order valence-electron chi connectivity index (χ0n) is 21.8. The summed E-state index contributed by atoms with van der Waals surface area (Å²) < 4.78 is 7.96. The summed E-state index contributed by atoms with van der Waals surface area (Å²) in [6.07, 6.45) is 3.38. The maximum absolute atomic E-state index is 14.0. The van der Waals surface area contributed by atoms with Gasteiger partial charge in [0.25, 0.3) is 5.56 Å². The van der Waals surface area contributed by atoms with Gasteiger partial charge in [0.2, 0.25) is 0 Å². The average molecular weight is 501 g/mol. The van der Waals surface area contributed by atoms with Gasteiger partial charge < -0.3 is 20.3 Å². The van der Waals surface area contributed by atoms with Crippen LogP contribution in [0, 0.1) is 13.8 Å². The molecule has 6 rings (SSSR count). The highest BCUT2D eigenvalue weighted by Gasteiger charge is 2.36.